The van der Waals surface area contributed by atoms with Gasteiger partial charge in [0.05, 0.1) is 18.6 Å². The molecule has 1 fully saturated rings. The fraction of sp³-hybridized carbons (Fsp3) is 0.571. The van der Waals surface area contributed by atoms with Gasteiger partial charge in [0.25, 0.3) is 0 Å². The van der Waals surface area contributed by atoms with Crippen molar-refractivity contribution in [1.29, 1.82) is 0 Å². The third kappa shape index (κ3) is 0.903. The van der Waals surface area contributed by atoms with Crippen LogP contribution in [0.5, 0.6) is 0 Å². The Morgan fingerprint density at radius 2 is 2.45 bits per heavy atom. The zero-order valence-electron chi connectivity index (χ0n) is 6.42. The second-order valence-electron chi connectivity index (χ2n) is 3.26. The summed E-state index contributed by atoms with van der Waals surface area (Å²) in [5.74, 6) is 0.549. The Morgan fingerprint density at radius 1 is 1.73 bits per heavy atom. The van der Waals surface area contributed by atoms with Crippen LogP contribution in [0, 0.1) is 0 Å². The number of aromatic nitrogens is 2. The highest BCUT2D eigenvalue weighted by Crippen LogP contribution is 2.30. The third-order valence-electron chi connectivity index (χ3n) is 2.09. The third-order valence-corrected chi connectivity index (χ3v) is 2.09. The van der Waals surface area contributed by atoms with Crippen molar-refractivity contribution >= 4 is 5.82 Å². The number of nitrogen functional groups attached to an aromatic ring is 1. The second kappa shape index (κ2) is 1.98. The van der Waals surface area contributed by atoms with Crippen LogP contribution in [0.3, 0.4) is 0 Å². The highest BCUT2D eigenvalue weighted by molar-refractivity contribution is 5.33. The molecule has 60 valence electrons. The molecule has 0 bridgehead atoms. The zero-order valence-corrected chi connectivity index (χ0v) is 6.42. The molecule has 0 aliphatic carbocycles. The molecule has 2 rings (SSSR count). The minimum Gasteiger partial charge on any atom is -0.382 e. The fourth-order valence-corrected chi connectivity index (χ4v) is 1.21. The normalized spacial score (nSPS) is 21.2. The smallest absolute Gasteiger partial charge is 0.145 e. The summed E-state index contributed by atoms with van der Waals surface area (Å²) in [4.78, 5) is 0. The molecule has 11 heavy (non-hydrogen) atoms. The van der Waals surface area contributed by atoms with Gasteiger partial charge in [-0.25, -0.2) is 0 Å². The summed E-state index contributed by atoms with van der Waals surface area (Å²) in [6.45, 7) is 3.65. The van der Waals surface area contributed by atoms with Crippen molar-refractivity contribution < 1.29 is 4.74 Å². The Kier molecular flexibility index (Phi) is 1.20. The molecule has 4 heteroatoms. The van der Waals surface area contributed by atoms with Gasteiger partial charge in [0.15, 0.2) is 0 Å². The molecular formula is C7H11N3O. The van der Waals surface area contributed by atoms with Gasteiger partial charge in [0.1, 0.15) is 5.82 Å². The molecule has 2 heterocycles. The lowest BCUT2D eigenvalue weighted by atomic mass is 9.85. The monoisotopic (exact) mass is 153 g/mol. The molecule has 1 aliphatic rings. The Labute approximate surface area is 64.7 Å². The van der Waals surface area contributed by atoms with Crippen molar-refractivity contribution in [2.75, 3.05) is 18.9 Å². The summed E-state index contributed by atoms with van der Waals surface area (Å²) >= 11 is 0. The van der Waals surface area contributed by atoms with E-state index in [0.717, 1.165) is 18.9 Å². The molecule has 3 N–H and O–H groups in total. The molecule has 0 unspecified atom stereocenters. The Balaban J connectivity index is 2.28. The molecule has 1 aromatic rings. The SMILES string of the molecule is CC1(c2cc(N)n[nH]2)COC1. The first-order valence-electron chi connectivity index (χ1n) is 3.60. The predicted octanol–water partition coefficient (Wildman–Crippen LogP) is 0.280. The van der Waals surface area contributed by atoms with Crippen LogP contribution in [0.15, 0.2) is 6.07 Å². The van der Waals surface area contributed by atoms with Crippen LogP contribution in [0.25, 0.3) is 0 Å². The molecule has 4 nitrogen and oxygen atoms in total. The topological polar surface area (TPSA) is 63.9 Å². The summed E-state index contributed by atoms with van der Waals surface area (Å²) in [7, 11) is 0. The van der Waals surface area contributed by atoms with E-state index in [-0.39, 0.29) is 5.41 Å². The van der Waals surface area contributed by atoms with Crippen LogP contribution in [0.4, 0.5) is 5.82 Å². The molecule has 1 aliphatic heterocycles. The second-order valence-corrected chi connectivity index (χ2v) is 3.26. The summed E-state index contributed by atoms with van der Waals surface area (Å²) in [6.07, 6.45) is 0. The van der Waals surface area contributed by atoms with Crippen molar-refractivity contribution in [1.82, 2.24) is 10.2 Å². The lowest BCUT2D eigenvalue weighted by Crippen LogP contribution is -2.44. The predicted molar refractivity (Wildman–Crippen MR) is 41.2 cm³/mol. The van der Waals surface area contributed by atoms with Crippen LogP contribution in [0.2, 0.25) is 0 Å². The lowest BCUT2D eigenvalue weighted by Gasteiger charge is -2.36. The Bertz CT molecular complexity index is 264. The summed E-state index contributed by atoms with van der Waals surface area (Å²) < 4.78 is 5.11. The highest BCUT2D eigenvalue weighted by Gasteiger charge is 2.36. The summed E-state index contributed by atoms with van der Waals surface area (Å²) in [5, 5.41) is 6.75. The van der Waals surface area contributed by atoms with Gasteiger partial charge >= 0.3 is 0 Å². The molecule has 0 saturated carbocycles. The van der Waals surface area contributed by atoms with Gasteiger partial charge in [-0.3, -0.25) is 5.10 Å². The molecule has 0 radical (unpaired) electrons. The number of nitrogens with zero attached hydrogens (tertiary/aromatic N) is 1. The van der Waals surface area contributed by atoms with E-state index in [0.29, 0.717) is 5.82 Å². The maximum atomic E-state index is 5.47. The van der Waals surface area contributed by atoms with E-state index in [2.05, 4.69) is 17.1 Å². The van der Waals surface area contributed by atoms with Crippen molar-refractivity contribution in [3.8, 4) is 0 Å². The van der Waals surface area contributed by atoms with E-state index in [9.17, 15) is 0 Å². The number of hydrogen-bond acceptors (Lipinski definition) is 3. The first-order valence-corrected chi connectivity index (χ1v) is 3.60. The van der Waals surface area contributed by atoms with Gasteiger partial charge in [-0.1, -0.05) is 0 Å². The molecule has 0 spiro atoms. The minimum atomic E-state index is 0.116. The van der Waals surface area contributed by atoms with Gasteiger partial charge in [-0.05, 0) is 6.92 Å². The first kappa shape index (κ1) is 6.67. The van der Waals surface area contributed by atoms with E-state index in [4.69, 9.17) is 10.5 Å². The number of rotatable bonds is 1. The molecule has 1 aromatic heterocycles. The van der Waals surface area contributed by atoms with Crippen LogP contribution < -0.4 is 5.73 Å². The van der Waals surface area contributed by atoms with E-state index < -0.39 is 0 Å². The highest BCUT2D eigenvalue weighted by atomic mass is 16.5. The molecule has 0 aromatic carbocycles. The number of hydrogen-bond donors (Lipinski definition) is 2. The number of nitrogens with two attached hydrogens (primary N) is 1. The average Bonchev–Trinajstić information content (AvgIpc) is 2.31. The summed E-state index contributed by atoms with van der Waals surface area (Å²) in [5.41, 5.74) is 6.66. The molecule has 0 atom stereocenters. The van der Waals surface area contributed by atoms with E-state index >= 15 is 0 Å². The van der Waals surface area contributed by atoms with Crippen molar-refractivity contribution in [3.05, 3.63) is 11.8 Å². The van der Waals surface area contributed by atoms with Crippen molar-refractivity contribution in [2.45, 2.75) is 12.3 Å². The fourth-order valence-electron chi connectivity index (χ4n) is 1.21. The number of anilines is 1. The molecule has 0 amide bonds. The van der Waals surface area contributed by atoms with E-state index in [1.165, 1.54) is 0 Å². The number of ether oxygens (including phenoxy) is 1. The summed E-state index contributed by atoms with van der Waals surface area (Å²) in [6, 6.07) is 1.86. The van der Waals surface area contributed by atoms with Crippen LogP contribution in [-0.2, 0) is 10.2 Å². The van der Waals surface area contributed by atoms with Crippen LogP contribution >= 0.6 is 0 Å². The Morgan fingerprint density at radius 3 is 2.82 bits per heavy atom. The quantitative estimate of drug-likeness (QED) is 0.609. The maximum absolute atomic E-state index is 5.47. The van der Waals surface area contributed by atoms with Crippen LogP contribution in [0.1, 0.15) is 12.6 Å². The van der Waals surface area contributed by atoms with E-state index in [1.807, 2.05) is 6.07 Å². The van der Waals surface area contributed by atoms with Gasteiger partial charge < -0.3 is 10.5 Å². The lowest BCUT2D eigenvalue weighted by molar-refractivity contribution is -0.0521. The van der Waals surface area contributed by atoms with Crippen molar-refractivity contribution in [2.24, 2.45) is 0 Å². The first-order chi connectivity index (χ1) is 5.21. The maximum Gasteiger partial charge on any atom is 0.145 e. The number of nitrogens with one attached hydrogen (secondary N) is 1. The van der Waals surface area contributed by atoms with Gasteiger partial charge in [-0.2, -0.15) is 5.10 Å². The number of aromatic amines is 1. The minimum absolute atomic E-state index is 0.116. The standard InChI is InChI=1S/C7H11N3O/c1-7(3-11-4-7)5-2-6(8)10-9-5/h2H,3-4H2,1H3,(H3,8,9,10). The van der Waals surface area contributed by atoms with E-state index in [1.54, 1.807) is 0 Å². The molecular weight excluding hydrogens is 142 g/mol. The van der Waals surface area contributed by atoms with Crippen molar-refractivity contribution in [3.63, 3.8) is 0 Å². The van der Waals surface area contributed by atoms with Gasteiger partial charge in [0, 0.05) is 11.8 Å². The average molecular weight is 153 g/mol. The van der Waals surface area contributed by atoms with Gasteiger partial charge in [0.2, 0.25) is 0 Å². The van der Waals surface area contributed by atoms with Crippen LogP contribution in [-0.4, -0.2) is 23.4 Å². The largest absolute Gasteiger partial charge is 0.382 e. The Hall–Kier alpha value is -1.03. The van der Waals surface area contributed by atoms with Gasteiger partial charge in [-0.15, -0.1) is 0 Å². The molecule has 1 saturated heterocycles. The number of H-pyrrole nitrogens is 1. The zero-order chi connectivity index (χ0) is 7.90.